The Bertz CT molecular complexity index is 307. The zero-order chi connectivity index (χ0) is 10.0. The first-order valence-electron chi connectivity index (χ1n) is 3.86. The molecule has 0 radical (unpaired) electrons. The van der Waals surface area contributed by atoms with Crippen LogP contribution in [0, 0.1) is 11.3 Å². The first-order chi connectivity index (χ1) is 6.06. The van der Waals surface area contributed by atoms with Crippen molar-refractivity contribution >= 4 is 0 Å². The number of rotatable bonds is 1. The molecule has 0 atom stereocenters. The van der Waals surface area contributed by atoms with Crippen LogP contribution in [0.25, 0.3) is 0 Å². The van der Waals surface area contributed by atoms with E-state index < -0.39 is 0 Å². The third-order valence-corrected chi connectivity index (χ3v) is 1.83. The topological polar surface area (TPSA) is 82.3 Å². The zero-order valence-electron chi connectivity index (χ0n) is 7.78. The summed E-state index contributed by atoms with van der Waals surface area (Å²) in [6.45, 7) is 0.396. The summed E-state index contributed by atoms with van der Waals surface area (Å²) in [5.74, 6) is 6.47. The van der Waals surface area contributed by atoms with Crippen molar-refractivity contribution in [2.75, 3.05) is 20.6 Å². The Balaban J connectivity index is 3.04. The van der Waals surface area contributed by atoms with E-state index in [0.29, 0.717) is 17.8 Å². The van der Waals surface area contributed by atoms with Crippen molar-refractivity contribution in [3.8, 4) is 6.07 Å². The highest BCUT2D eigenvalue weighted by atomic mass is 15.5. The minimum absolute atomic E-state index is 0.396. The predicted octanol–water partition coefficient (Wildman–Crippen LogP) is -0.685. The largest absolute Gasteiger partial charge is 0.399 e. The second-order valence-electron chi connectivity index (χ2n) is 3.08. The number of nitrogens with zero attached hydrogens (tertiary/aromatic N) is 3. The molecule has 4 N–H and O–H groups in total. The number of hydrogen-bond donors (Lipinski definition) is 2. The first kappa shape index (κ1) is 9.42. The molecule has 0 aromatic heterocycles. The fourth-order valence-corrected chi connectivity index (χ4v) is 1.14. The van der Waals surface area contributed by atoms with Gasteiger partial charge < -0.3 is 10.6 Å². The van der Waals surface area contributed by atoms with Gasteiger partial charge in [0, 0.05) is 19.8 Å². The average Bonchev–Trinajstić information content (AvgIpc) is 2.03. The molecule has 1 rings (SSSR count). The lowest BCUT2D eigenvalue weighted by molar-refractivity contribution is 0.274. The van der Waals surface area contributed by atoms with Gasteiger partial charge in [0.1, 0.15) is 11.9 Å². The maximum absolute atomic E-state index is 8.74. The molecule has 5 nitrogen and oxygen atoms in total. The molecule has 5 heteroatoms. The lowest BCUT2D eigenvalue weighted by atomic mass is 10.1. The minimum Gasteiger partial charge on any atom is -0.399 e. The number of hydrazine groups is 1. The van der Waals surface area contributed by atoms with Gasteiger partial charge in [0.05, 0.1) is 12.1 Å². The Morgan fingerprint density at radius 2 is 2.23 bits per heavy atom. The third kappa shape index (κ3) is 1.73. The van der Waals surface area contributed by atoms with E-state index in [2.05, 4.69) is 0 Å². The van der Waals surface area contributed by atoms with Crippen LogP contribution in [0.5, 0.6) is 0 Å². The highest BCUT2D eigenvalue weighted by molar-refractivity contribution is 5.41. The number of nitriles is 1. The molecule has 0 aromatic carbocycles. The van der Waals surface area contributed by atoms with Gasteiger partial charge in [-0.25, -0.2) is 5.84 Å². The van der Waals surface area contributed by atoms with Crippen LogP contribution in [0.2, 0.25) is 0 Å². The second kappa shape index (κ2) is 3.37. The molecule has 1 heterocycles. The average molecular weight is 179 g/mol. The molecule has 1 aliphatic rings. The van der Waals surface area contributed by atoms with E-state index in [4.69, 9.17) is 16.8 Å². The molecule has 0 unspecified atom stereocenters. The van der Waals surface area contributed by atoms with Gasteiger partial charge in [0.25, 0.3) is 0 Å². The standard InChI is InChI=1S/C8H13N5/c1-12(2)8-3-6(4-9)7(10)5-13(8)11/h3H,5,10-11H2,1-2H3. The Kier molecular flexibility index (Phi) is 2.44. The summed E-state index contributed by atoms with van der Waals surface area (Å²) < 4.78 is 0. The maximum atomic E-state index is 8.74. The van der Waals surface area contributed by atoms with E-state index in [9.17, 15) is 0 Å². The number of allylic oxidation sites excluding steroid dienone is 2. The van der Waals surface area contributed by atoms with Gasteiger partial charge in [-0.05, 0) is 6.08 Å². The van der Waals surface area contributed by atoms with Crippen molar-refractivity contribution < 1.29 is 0 Å². The minimum atomic E-state index is 0.396. The molecule has 13 heavy (non-hydrogen) atoms. The van der Waals surface area contributed by atoms with E-state index in [0.717, 1.165) is 5.82 Å². The first-order valence-corrected chi connectivity index (χ1v) is 3.86. The summed E-state index contributed by atoms with van der Waals surface area (Å²) in [5.41, 5.74) is 6.62. The van der Waals surface area contributed by atoms with Crippen molar-refractivity contribution in [2.45, 2.75) is 0 Å². The van der Waals surface area contributed by atoms with Crippen LogP contribution < -0.4 is 11.6 Å². The smallest absolute Gasteiger partial charge is 0.119 e. The van der Waals surface area contributed by atoms with Crippen LogP contribution in [0.4, 0.5) is 0 Å². The van der Waals surface area contributed by atoms with E-state index in [-0.39, 0.29) is 0 Å². The van der Waals surface area contributed by atoms with Crippen molar-refractivity contribution in [3.05, 3.63) is 23.2 Å². The molecule has 0 bridgehead atoms. The zero-order valence-corrected chi connectivity index (χ0v) is 7.78. The SMILES string of the molecule is CN(C)C1=CC(C#N)=C(N)CN1N. The Hall–Kier alpha value is -1.67. The van der Waals surface area contributed by atoms with E-state index >= 15 is 0 Å². The molecular formula is C8H13N5. The quantitative estimate of drug-likeness (QED) is 0.521. The van der Waals surface area contributed by atoms with Crippen LogP contribution >= 0.6 is 0 Å². The van der Waals surface area contributed by atoms with Crippen LogP contribution in [-0.4, -0.2) is 30.5 Å². The third-order valence-electron chi connectivity index (χ3n) is 1.83. The van der Waals surface area contributed by atoms with Gasteiger partial charge in [0.2, 0.25) is 0 Å². The lowest BCUT2D eigenvalue weighted by Crippen LogP contribution is -2.41. The van der Waals surface area contributed by atoms with Crippen molar-refractivity contribution in [2.24, 2.45) is 11.6 Å². The second-order valence-corrected chi connectivity index (χ2v) is 3.08. The fraction of sp³-hybridized carbons (Fsp3) is 0.375. The molecule has 0 amide bonds. The summed E-state index contributed by atoms with van der Waals surface area (Å²) in [7, 11) is 3.73. The van der Waals surface area contributed by atoms with Gasteiger partial charge in [-0.2, -0.15) is 5.26 Å². The summed E-state index contributed by atoms with van der Waals surface area (Å²) in [6.07, 6.45) is 1.68. The van der Waals surface area contributed by atoms with Crippen molar-refractivity contribution in [1.82, 2.24) is 9.91 Å². The van der Waals surface area contributed by atoms with Crippen LogP contribution in [0.1, 0.15) is 0 Å². The van der Waals surface area contributed by atoms with E-state index in [1.807, 2.05) is 25.1 Å². The fourth-order valence-electron chi connectivity index (χ4n) is 1.14. The summed E-state index contributed by atoms with van der Waals surface area (Å²) in [5, 5.41) is 10.2. The van der Waals surface area contributed by atoms with Crippen LogP contribution in [0.3, 0.4) is 0 Å². The molecular weight excluding hydrogens is 166 g/mol. The van der Waals surface area contributed by atoms with Crippen LogP contribution in [0.15, 0.2) is 23.2 Å². The molecule has 0 saturated heterocycles. The van der Waals surface area contributed by atoms with Crippen LogP contribution in [-0.2, 0) is 0 Å². The Morgan fingerprint density at radius 1 is 1.62 bits per heavy atom. The number of nitrogens with two attached hydrogens (primary N) is 2. The molecule has 1 aliphatic heterocycles. The Labute approximate surface area is 77.5 Å². The van der Waals surface area contributed by atoms with Gasteiger partial charge in [-0.15, -0.1) is 0 Å². The summed E-state index contributed by atoms with van der Waals surface area (Å²) in [6, 6.07) is 2.03. The molecule has 0 saturated carbocycles. The van der Waals surface area contributed by atoms with Gasteiger partial charge in [-0.3, -0.25) is 5.01 Å². The van der Waals surface area contributed by atoms with Gasteiger partial charge >= 0.3 is 0 Å². The van der Waals surface area contributed by atoms with E-state index in [1.54, 1.807) is 6.08 Å². The lowest BCUT2D eigenvalue weighted by Gasteiger charge is -2.30. The number of hydrogen-bond acceptors (Lipinski definition) is 5. The molecule has 0 spiro atoms. The predicted molar refractivity (Wildman–Crippen MR) is 49.5 cm³/mol. The summed E-state index contributed by atoms with van der Waals surface area (Å²) in [4.78, 5) is 1.84. The monoisotopic (exact) mass is 179 g/mol. The highest BCUT2D eigenvalue weighted by Crippen LogP contribution is 2.15. The van der Waals surface area contributed by atoms with Crippen molar-refractivity contribution in [3.63, 3.8) is 0 Å². The normalized spacial score (nSPS) is 16.8. The van der Waals surface area contributed by atoms with Gasteiger partial charge in [-0.1, -0.05) is 0 Å². The molecule has 0 fully saturated rings. The maximum Gasteiger partial charge on any atom is 0.119 e. The highest BCUT2D eigenvalue weighted by Gasteiger charge is 2.16. The molecule has 70 valence electrons. The van der Waals surface area contributed by atoms with Gasteiger partial charge in [0.15, 0.2) is 0 Å². The van der Waals surface area contributed by atoms with Crippen molar-refractivity contribution in [1.29, 1.82) is 5.26 Å². The Morgan fingerprint density at radius 3 is 2.69 bits per heavy atom. The molecule has 0 aliphatic carbocycles. The summed E-state index contributed by atoms with van der Waals surface area (Å²) >= 11 is 0. The van der Waals surface area contributed by atoms with E-state index in [1.165, 1.54) is 5.01 Å². The molecule has 0 aromatic rings.